The molecule has 1 nitrogen and oxygen atoms in total. The van der Waals surface area contributed by atoms with Crippen LogP contribution in [0, 0.1) is 5.92 Å². The molecular formula is C24H24O. The third kappa shape index (κ3) is 3.24. The van der Waals surface area contributed by atoms with E-state index in [1.807, 2.05) is 0 Å². The number of aldehydes is 1. The van der Waals surface area contributed by atoms with E-state index in [1.54, 1.807) is 0 Å². The van der Waals surface area contributed by atoms with E-state index in [-0.39, 0.29) is 5.92 Å². The highest BCUT2D eigenvalue weighted by molar-refractivity contribution is 5.96. The second-order valence-corrected chi connectivity index (χ2v) is 7.21. The SMILES string of the molecule is O=CC(c1ccc(-c2cccc3ccccc23)cc1)C1CCCCC1. The molecule has 3 aromatic carbocycles. The topological polar surface area (TPSA) is 17.1 Å². The van der Waals surface area contributed by atoms with Crippen molar-refractivity contribution in [3.8, 4) is 11.1 Å². The van der Waals surface area contributed by atoms with Gasteiger partial charge in [-0.1, -0.05) is 86.0 Å². The second-order valence-electron chi connectivity index (χ2n) is 7.21. The maximum atomic E-state index is 11.7. The summed E-state index contributed by atoms with van der Waals surface area (Å²) >= 11 is 0. The predicted octanol–water partition coefficient (Wildman–Crippen LogP) is 6.37. The highest BCUT2D eigenvalue weighted by Gasteiger charge is 2.24. The normalized spacial score (nSPS) is 16.6. The van der Waals surface area contributed by atoms with E-state index in [4.69, 9.17) is 0 Å². The Morgan fingerprint density at radius 3 is 2.28 bits per heavy atom. The molecule has 1 fully saturated rings. The van der Waals surface area contributed by atoms with Gasteiger partial charge in [0.1, 0.15) is 6.29 Å². The minimum absolute atomic E-state index is 0.0573. The van der Waals surface area contributed by atoms with Crippen molar-refractivity contribution in [3.63, 3.8) is 0 Å². The van der Waals surface area contributed by atoms with Crippen LogP contribution in [0.3, 0.4) is 0 Å². The monoisotopic (exact) mass is 328 g/mol. The molecule has 0 radical (unpaired) electrons. The van der Waals surface area contributed by atoms with E-state index >= 15 is 0 Å². The summed E-state index contributed by atoms with van der Waals surface area (Å²) in [6, 6.07) is 23.6. The molecule has 0 heterocycles. The number of rotatable bonds is 4. The third-order valence-electron chi connectivity index (χ3n) is 5.70. The van der Waals surface area contributed by atoms with Gasteiger partial charge in [-0.05, 0) is 46.2 Å². The lowest BCUT2D eigenvalue weighted by Crippen LogP contribution is -2.17. The number of benzene rings is 3. The quantitative estimate of drug-likeness (QED) is 0.509. The fourth-order valence-electron chi connectivity index (χ4n) is 4.32. The molecule has 0 N–H and O–H groups in total. The van der Waals surface area contributed by atoms with Crippen molar-refractivity contribution in [1.29, 1.82) is 0 Å². The molecule has 25 heavy (non-hydrogen) atoms. The molecule has 1 aliphatic carbocycles. The van der Waals surface area contributed by atoms with Crippen LogP contribution in [0.2, 0.25) is 0 Å². The number of hydrogen-bond acceptors (Lipinski definition) is 1. The second kappa shape index (κ2) is 7.23. The number of hydrogen-bond donors (Lipinski definition) is 0. The summed E-state index contributed by atoms with van der Waals surface area (Å²) in [5, 5.41) is 2.54. The highest BCUT2D eigenvalue weighted by Crippen LogP contribution is 2.36. The Bertz CT molecular complexity index is 851. The fraction of sp³-hybridized carbons (Fsp3) is 0.292. The van der Waals surface area contributed by atoms with Gasteiger partial charge >= 0.3 is 0 Å². The van der Waals surface area contributed by atoms with Gasteiger partial charge in [0, 0.05) is 5.92 Å². The zero-order valence-corrected chi connectivity index (χ0v) is 14.5. The van der Waals surface area contributed by atoms with Gasteiger partial charge in [-0.2, -0.15) is 0 Å². The largest absolute Gasteiger partial charge is 0.303 e. The summed E-state index contributed by atoms with van der Waals surface area (Å²) in [4.78, 5) is 11.7. The lowest BCUT2D eigenvalue weighted by Gasteiger charge is -2.27. The van der Waals surface area contributed by atoms with Crippen LogP contribution in [0.1, 0.15) is 43.6 Å². The minimum Gasteiger partial charge on any atom is -0.303 e. The molecule has 1 saturated carbocycles. The molecule has 0 spiro atoms. The van der Waals surface area contributed by atoms with Crippen molar-refractivity contribution in [2.75, 3.05) is 0 Å². The Hall–Kier alpha value is -2.41. The summed E-state index contributed by atoms with van der Waals surface area (Å²) < 4.78 is 0. The molecule has 4 rings (SSSR count). The van der Waals surface area contributed by atoms with Crippen molar-refractivity contribution < 1.29 is 4.79 Å². The van der Waals surface area contributed by atoms with Crippen LogP contribution < -0.4 is 0 Å². The Morgan fingerprint density at radius 2 is 1.52 bits per heavy atom. The van der Waals surface area contributed by atoms with E-state index in [0.29, 0.717) is 5.92 Å². The van der Waals surface area contributed by atoms with Crippen molar-refractivity contribution in [2.24, 2.45) is 5.92 Å². The van der Waals surface area contributed by atoms with Crippen molar-refractivity contribution in [3.05, 3.63) is 72.3 Å². The van der Waals surface area contributed by atoms with Crippen molar-refractivity contribution in [1.82, 2.24) is 0 Å². The van der Waals surface area contributed by atoms with Gasteiger partial charge in [0.25, 0.3) is 0 Å². The molecule has 126 valence electrons. The first-order chi connectivity index (χ1) is 12.4. The molecule has 1 atom stereocenters. The first-order valence-corrected chi connectivity index (χ1v) is 9.40. The van der Waals surface area contributed by atoms with Crippen LogP contribution in [0.25, 0.3) is 21.9 Å². The van der Waals surface area contributed by atoms with Crippen LogP contribution in [0.5, 0.6) is 0 Å². The van der Waals surface area contributed by atoms with Crippen LogP contribution >= 0.6 is 0 Å². The average Bonchev–Trinajstić information content (AvgIpc) is 2.70. The first kappa shape index (κ1) is 16.1. The van der Waals surface area contributed by atoms with E-state index in [9.17, 15) is 4.79 Å². The van der Waals surface area contributed by atoms with Crippen LogP contribution in [-0.2, 0) is 4.79 Å². The average molecular weight is 328 g/mol. The summed E-state index contributed by atoms with van der Waals surface area (Å²) in [6.07, 6.45) is 7.40. The third-order valence-corrected chi connectivity index (χ3v) is 5.70. The molecule has 0 amide bonds. The van der Waals surface area contributed by atoms with Crippen molar-refractivity contribution in [2.45, 2.75) is 38.0 Å². The highest BCUT2D eigenvalue weighted by atomic mass is 16.1. The molecule has 3 aromatic rings. The molecule has 0 bridgehead atoms. The van der Waals surface area contributed by atoms with Gasteiger partial charge < -0.3 is 4.79 Å². The zero-order chi connectivity index (χ0) is 17.1. The number of carbonyl (C=O) groups excluding carboxylic acids is 1. The van der Waals surface area contributed by atoms with Gasteiger partial charge in [-0.3, -0.25) is 0 Å². The van der Waals surface area contributed by atoms with Gasteiger partial charge in [-0.25, -0.2) is 0 Å². The van der Waals surface area contributed by atoms with Crippen molar-refractivity contribution >= 4 is 17.1 Å². The minimum atomic E-state index is 0.0573. The fourth-order valence-corrected chi connectivity index (χ4v) is 4.32. The zero-order valence-electron chi connectivity index (χ0n) is 14.5. The van der Waals surface area contributed by atoms with Gasteiger partial charge in [-0.15, -0.1) is 0 Å². The van der Waals surface area contributed by atoms with Crippen LogP contribution in [0.15, 0.2) is 66.7 Å². The summed E-state index contributed by atoms with van der Waals surface area (Å²) in [7, 11) is 0. The lowest BCUT2D eigenvalue weighted by molar-refractivity contribution is -0.110. The van der Waals surface area contributed by atoms with Crippen LogP contribution in [0.4, 0.5) is 0 Å². The summed E-state index contributed by atoms with van der Waals surface area (Å²) in [6.45, 7) is 0. The Morgan fingerprint density at radius 1 is 0.800 bits per heavy atom. The molecule has 0 saturated heterocycles. The maximum absolute atomic E-state index is 11.7. The van der Waals surface area contributed by atoms with E-state index in [0.717, 1.165) is 0 Å². The molecule has 0 aliphatic heterocycles. The maximum Gasteiger partial charge on any atom is 0.127 e. The molecule has 1 heteroatoms. The van der Waals surface area contributed by atoms with E-state index in [1.165, 1.54) is 65.9 Å². The molecule has 1 unspecified atom stereocenters. The van der Waals surface area contributed by atoms with Crippen LogP contribution in [-0.4, -0.2) is 6.29 Å². The number of carbonyl (C=O) groups is 1. The molecular weight excluding hydrogens is 304 g/mol. The van der Waals surface area contributed by atoms with Gasteiger partial charge in [0.2, 0.25) is 0 Å². The predicted molar refractivity (Wildman–Crippen MR) is 105 cm³/mol. The van der Waals surface area contributed by atoms with Gasteiger partial charge in [0.05, 0.1) is 0 Å². The number of fused-ring (bicyclic) bond motifs is 1. The standard InChI is InChI=1S/C24H24O/c25-17-24(19-7-2-1-3-8-19)21-15-13-20(14-16-21)23-12-6-10-18-9-4-5-11-22(18)23/h4-6,9-17,19,24H,1-3,7-8H2. The van der Waals surface area contributed by atoms with E-state index in [2.05, 4.69) is 66.7 Å². The Kier molecular flexibility index (Phi) is 4.65. The smallest absolute Gasteiger partial charge is 0.127 e. The summed E-state index contributed by atoms with van der Waals surface area (Å²) in [5.41, 5.74) is 3.64. The Labute approximate surface area is 149 Å². The van der Waals surface area contributed by atoms with Gasteiger partial charge in [0.15, 0.2) is 0 Å². The molecule has 1 aliphatic rings. The first-order valence-electron chi connectivity index (χ1n) is 9.40. The summed E-state index contributed by atoms with van der Waals surface area (Å²) in [5.74, 6) is 0.580. The molecule has 0 aromatic heterocycles. The lowest BCUT2D eigenvalue weighted by atomic mass is 9.77. The van der Waals surface area contributed by atoms with E-state index < -0.39 is 0 Å². The Balaban J connectivity index is 1.66.